The van der Waals surface area contributed by atoms with Crippen LogP contribution in [0.3, 0.4) is 0 Å². The molecular formula is C15H19BrF2N2O. The second-order valence-corrected chi connectivity index (χ2v) is 6.84. The van der Waals surface area contributed by atoms with E-state index in [2.05, 4.69) is 21.4 Å². The molecule has 6 heteroatoms. The molecule has 1 saturated carbocycles. The molecule has 1 spiro atoms. The molecule has 0 radical (unpaired) electrons. The summed E-state index contributed by atoms with van der Waals surface area (Å²) in [6, 6.07) is 2.53. The minimum absolute atomic E-state index is 0.0108. The van der Waals surface area contributed by atoms with Gasteiger partial charge in [0.25, 0.3) is 0 Å². The summed E-state index contributed by atoms with van der Waals surface area (Å²) < 4.78 is 33.1. The maximum Gasteiger partial charge on any atom is 0.173 e. The molecule has 3 N–H and O–H groups in total. The third-order valence-corrected chi connectivity index (χ3v) is 5.65. The molecule has 116 valence electrons. The van der Waals surface area contributed by atoms with Crippen molar-refractivity contribution in [2.75, 3.05) is 6.61 Å². The molecule has 1 heterocycles. The lowest BCUT2D eigenvalue weighted by Crippen LogP contribution is -2.48. The third-order valence-electron chi connectivity index (χ3n) is 4.85. The van der Waals surface area contributed by atoms with Gasteiger partial charge < -0.3 is 4.74 Å². The number of halogens is 3. The summed E-state index contributed by atoms with van der Waals surface area (Å²) >= 11 is 3.16. The van der Waals surface area contributed by atoms with Gasteiger partial charge in [-0.05, 0) is 65.6 Å². The van der Waals surface area contributed by atoms with Crippen molar-refractivity contribution in [3.63, 3.8) is 0 Å². The van der Waals surface area contributed by atoms with Gasteiger partial charge >= 0.3 is 0 Å². The maximum absolute atomic E-state index is 13.8. The molecule has 2 aliphatic rings. The van der Waals surface area contributed by atoms with Crippen LogP contribution in [0.1, 0.15) is 43.7 Å². The number of rotatable bonds is 3. The van der Waals surface area contributed by atoms with Gasteiger partial charge in [-0.25, -0.2) is 8.78 Å². The molecule has 3 rings (SSSR count). The van der Waals surface area contributed by atoms with Crippen LogP contribution in [0.4, 0.5) is 8.78 Å². The number of hydrogen-bond donors (Lipinski definition) is 2. The molecule has 1 aromatic carbocycles. The number of ether oxygens (including phenoxy) is 1. The van der Waals surface area contributed by atoms with Gasteiger partial charge in [0.2, 0.25) is 0 Å². The Morgan fingerprint density at radius 2 is 2.14 bits per heavy atom. The van der Waals surface area contributed by atoms with Crippen molar-refractivity contribution >= 4 is 15.9 Å². The summed E-state index contributed by atoms with van der Waals surface area (Å²) in [7, 11) is 0. The highest BCUT2D eigenvalue weighted by atomic mass is 79.9. The zero-order valence-electron chi connectivity index (χ0n) is 11.7. The van der Waals surface area contributed by atoms with Gasteiger partial charge in [0.05, 0.1) is 16.1 Å². The van der Waals surface area contributed by atoms with Crippen LogP contribution in [0, 0.1) is 17.6 Å². The minimum Gasteiger partial charge on any atom is -0.375 e. The average molecular weight is 361 g/mol. The Kier molecular flexibility index (Phi) is 4.32. The van der Waals surface area contributed by atoms with E-state index in [1.54, 1.807) is 6.07 Å². The number of nitrogens with one attached hydrogen (secondary N) is 1. The van der Waals surface area contributed by atoms with Crippen LogP contribution in [-0.4, -0.2) is 12.2 Å². The van der Waals surface area contributed by atoms with Gasteiger partial charge in [-0.2, -0.15) is 0 Å². The van der Waals surface area contributed by atoms with Crippen molar-refractivity contribution in [2.45, 2.75) is 43.7 Å². The highest BCUT2D eigenvalue weighted by Crippen LogP contribution is 2.47. The monoisotopic (exact) mass is 360 g/mol. The highest BCUT2D eigenvalue weighted by Gasteiger charge is 2.44. The maximum atomic E-state index is 13.8. The first-order valence-electron chi connectivity index (χ1n) is 7.30. The van der Waals surface area contributed by atoms with Crippen LogP contribution in [0.5, 0.6) is 0 Å². The number of nitrogens with two attached hydrogens (primary N) is 1. The van der Waals surface area contributed by atoms with Crippen molar-refractivity contribution in [1.82, 2.24) is 5.43 Å². The van der Waals surface area contributed by atoms with Crippen LogP contribution < -0.4 is 11.3 Å². The Bertz CT molecular complexity index is 537. The lowest BCUT2D eigenvalue weighted by atomic mass is 9.70. The van der Waals surface area contributed by atoms with Gasteiger partial charge in [-0.1, -0.05) is 6.07 Å². The average Bonchev–Trinajstić information content (AvgIpc) is 2.46. The molecule has 2 atom stereocenters. The fraction of sp³-hybridized carbons (Fsp3) is 0.600. The van der Waals surface area contributed by atoms with E-state index in [9.17, 15) is 8.78 Å². The Balaban J connectivity index is 1.86. The molecular weight excluding hydrogens is 342 g/mol. The number of hydrogen-bond acceptors (Lipinski definition) is 3. The van der Waals surface area contributed by atoms with E-state index in [-0.39, 0.29) is 22.0 Å². The molecule has 1 aliphatic carbocycles. The van der Waals surface area contributed by atoms with Crippen LogP contribution in [0.2, 0.25) is 0 Å². The molecule has 1 saturated heterocycles. The van der Waals surface area contributed by atoms with E-state index >= 15 is 0 Å². The van der Waals surface area contributed by atoms with Crippen LogP contribution in [0.25, 0.3) is 0 Å². The van der Waals surface area contributed by atoms with Crippen molar-refractivity contribution < 1.29 is 13.5 Å². The molecule has 1 aliphatic heterocycles. The highest BCUT2D eigenvalue weighted by molar-refractivity contribution is 9.10. The fourth-order valence-electron chi connectivity index (χ4n) is 3.53. The van der Waals surface area contributed by atoms with E-state index in [4.69, 9.17) is 10.6 Å². The molecule has 1 aromatic rings. The second kappa shape index (κ2) is 5.91. The minimum atomic E-state index is -0.863. The molecule has 0 amide bonds. The zero-order valence-corrected chi connectivity index (χ0v) is 13.3. The summed E-state index contributed by atoms with van der Waals surface area (Å²) in [4.78, 5) is 0. The van der Waals surface area contributed by atoms with E-state index in [1.807, 2.05) is 0 Å². The Morgan fingerprint density at radius 3 is 2.76 bits per heavy atom. The zero-order chi connectivity index (χ0) is 15.0. The first-order chi connectivity index (χ1) is 10.1. The molecule has 0 bridgehead atoms. The second-order valence-electron chi connectivity index (χ2n) is 6.05. The smallest absolute Gasteiger partial charge is 0.173 e. The van der Waals surface area contributed by atoms with Crippen LogP contribution >= 0.6 is 15.9 Å². The number of hydrazine groups is 1. The third kappa shape index (κ3) is 2.74. The summed E-state index contributed by atoms with van der Waals surface area (Å²) in [6.45, 7) is 0.699. The van der Waals surface area contributed by atoms with E-state index < -0.39 is 11.6 Å². The topological polar surface area (TPSA) is 47.3 Å². The van der Waals surface area contributed by atoms with Gasteiger partial charge in [0.15, 0.2) is 11.6 Å². The van der Waals surface area contributed by atoms with Gasteiger partial charge in [0.1, 0.15) is 0 Å². The first kappa shape index (κ1) is 15.3. The van der Waals surface area contributed by atoms with Crippen LogP contribution in [0.15, 0.2) is 16.6 Å². The molecule has 0 aromatic heterocycles. The van der Waals surface area contributed by atoms with Crippen LogP contribution in [-0.2, 0) is 4.74 Å². The molecule has 21 heavy (non-hydrogen) atoms. The van der Waals surface area contributed by atoms with E-state index in [1.165, 1.54) is 6.42 Å². The summed E-state index contributed by atoms with van der Waals surface area (Å²) in [5.41, 5.74) is 3.44. The van der Waals surface area contributed by atoms with Crippen molar-refractivity contribution in [3.8, 4) is 0 Å². The lowest BCUT2D eigenvalue weighted by molar-refractivity contribution is -0.147. The van der Waals surface area contributed by atoms with Gasteiger partial charge in [-0.3, -0.25) is 11.3 Å². The Hall–Kier alpha value is -0.560. The van der Waals surface area contributed by atoms with Gasteiger partial charge in [0, 0.05) is 6.61 Å². The lowest BCUT2D eigenvalue weighted by Gasteiger charge is -2.48. The predicted molar refractivity (Wildman–Crippen MR) is 79.4 cm³/mol. The SMILES string of the molecule is NNC(c1ccc(F)c(F)c1Br)C1CCOC2(CCC2)C1. The summed E-state index contributed by atoms with van der Waals surface area (Å²) in [5, 5.41) is 0. The molecule has 3 nitrogen and oxygen atoms in total. The number of benzene rings is 1. The quantitative estimate of drug-likeness (QED) is 0.492. The Morgan fingerprint density at radius 1 is 1.38 bits per heavy atom. The normalized spacial score (nSPS) is 25.6. The standard InChI is InChI=1S/C15H19BrF2N2O/c16-12-10(2-3-11(17)13(12)18)14(20-19)9-4-7-21-15(8-9)5-1-6-15/h2-3,9,14,20H,1,4-8,19H2. The fourth-order valence-corrected chi connectivity index (χ4v) is 4.10. The Labute approximate surface area is 131 Å². The summed E-state index contributed by atoms with van der Waals surface area (Å²) in [5.74, 6) is 4.25. The van der Waals surface area contributed by atoms with Crippen molar-refractivity contribution in [2.24, 2.45) is 11.8 Å². The summed E-state index contributed by atoms with van der Waals surface area (Å²) in [6.07, 6.45) is 5.14. The van der Waals surface area contributed by atoms with E-state index in [0.29, 0.717) is 12.2 Å². The largest absolute Gasteiger partial charge is 0.375 e. The van der Waals surface area contributed by atoms with Crippen molar-refractivity contribution in [3.05, 3.63) is 33.8 Å². The van der Waals surface area contributed by atoms with E-state index in [0.717, 1.165) is 31.7 Å². The predicted octanol–water partition coefficient (Wildman–Crippen LogP) is 3.58. The first-order valence-corrected chi connectivity index (χ1v) is 8.09. The van der Waals surface area contributed by atoms with Gasteiger partial charge in [-0.15, -0.1) is 0 Å². The molecule has 2 fully saturated rings. The van der Waals surface area contributed by atoms with Crippen molar-refractivity contribution in [1.29, 1.82) is 0 Å². The molecule has 2 unspecified atom stereocenters.